The average Bonchev–Trinajstić information content (AvgIpc) is 2.93. The highest BCUT2D eigenvalue weighted by molar-refractivity contribution is 5.69. The van der Waals surface area contributed by atoms with Crippen molar-refractivity contribution in [2.45, 2.75) is 6.61 Å². The van der Waals surface area contributed by atoms with Gasteiger partial charge in [0.1, 0.15) is 12.4 Å². The van der Waals surface area contributed by atoms with Crippen LogP contribution in [0.25, 0.3) is 11.1 Å². The van der Waals surface area contributed by atoms with Gasteiger partial charge < -0.3 is 10.5 Å². The number of anilines is 1. The minimum atomic E-state index is 0.511. The molecule has 1 aromatic heterocycles. The first kappa shape index (κ1) is 13.2. The first-order valence-electron chi connectivity index (χ1n) is 6.77. The van der Waals surface area contributed by atoms with Crippen molar-refractivity contribution in [3.63, 3.8) is 0 Å². The summed E-state index contributed by atoms with van der Waals surface area (Å²) in [4.78, 5) is 0. The summed E-state index contributed by atoms with van der Waals surface area (Å²) in [5.41, 5.74) is 9.90. The number of nitrogens with zero attached hydrogens (tertiary/aromatic N) is 2. The lowest BCUT2D eigenvalue weighted by molar-refractivity contribution is 0.308. The number of rotatable bonds is 4. The fourth-order valence-corrected chi connectivity index (χ4v) is 2.17. The minimum Gasteiger partial charge on any atom is -0.487 e. The zero-order valence-corrected chi connectivity index (χ0v) is 11.9. The third kappa shape index (κ3) is 3.05. The van der Waals surface area contributed by atoms with Gasteiger partial charge in [0.15, 0.2) is 0 Å². The molecule has 21 heavy (non-hydrogen) atoms. The molecule has 0 unspecified atom stereocenters. The number of hydrogen-bond donors (Lipinski definition) is 1. The number of ether oxygens (including phenoxy) is 1. The lowest BCUT2D eigenvalue weighted by Gasteiger charge is -2.10. The topological polar surface area (TPSA) is 53.1 Å². The maximum atomic E-state index is 6.08. The van der Waals surface area contributed by atoms with Gasteiger partial charge in [-0.1, -0.05) is 36.4 Å². The van der Waals surface area contributed by atoms with E-state index in [1.807, 2.05) is 68.0 Å². The Morgan fingerprint density at radius 2 is 1.90 bits per heavy atom. The smallest absolute Gasteiger partial charge is 0.142 e. The van der Waals surface area contributed by atoms with Crippen molar-refractivity contribution in [3.8, 4) is 16.9 Å². The van der Waals surface area contributed by atoms with Crippen molar-refractivity contribution in [3.05, 3.63) is 66.5 Å². The van der Waals surface area contributed by atoms with Crippen molar-refractivity contribution in [1.29, 1.82) is 0 Å². The van der Waals surface area contributed by atoms with Gasteiger partial charge in [-0.05, 0) is 23.3 Å². The zero-order valence-electron chi connectivity index (χ0n) is 11.9. The van der Waals surface area contributed by atoms with Crippen LogP contribution in [0.15, 0.2) is 60.9 Å². The maximum absolute atomic E-state index is 6.08. The van der Waals surface area contributed by atoms with E-state index in [1.54, 1.807) is 4.68 Å². The molecule has 3 aromatic rings. The van der Waals surface area contributed by atoms with Crippen LogP contribution in [0.4, 0.5) is 5.69 Å². The van der Waals surface area contributed by atoms with Crippen LogP contribution in [0, 0.1) is 0 Å². The van der Waals surface area contributed by atoms with E-state index in [4.69, 9.17) is 10.5 Å². The molecule has 0 aliphatic heterocycles. The minimum absolute atomic E-state index is 0.511. The van der Waals surface area contributed by atoms with Gasteiger partial charge in [-0.3, -0.25) is 4.68 Å². The highest BCUT2D eigenvalue weighted by Crippen LogP contribution is 2.28. The Kier molecular flexibility index (Phi) is 3.60. The van der Waals surface area contributed by atoms with E-state index < -0.39 is 0 Å². The standard InChI is InChI=1S/C17H17N3O/c1-20-11-15(10-19-20)14-7-8-17(16(18)9-14)21-12-13-5-3-2-4-6-13/h2-11H,12,18H2,1H3. The van der Waals surface area contributed by atoms with Crippen LogP contribution < -0.4 is 10.5 Å². The monoisotopic (exact) mass is 279 g/mol. The second-order valence-electron chi connectivity index (χ2n) is 4.93. The first-order valence-corrected chi connectivity index (χ1v) is 6.77. The molecule has 0 aliphatic rings. The molecule has 3 rings (SSSR count). The fourth-order valence-electron chi connectivity index (χ4n) is 2.17. The molecule has 1 heterocycles. The lowest BCUT2D eigenvalue weighted by Crippen LogP contribution is -1.98. The molecule has 0 saturated heterocycles. The molecule has 4 nitrogen and oxygen atoms in total. The number of benzene rings is 2. The van der Waals surface area contributed by atoms with Crippen molar-refractivity contribution >= 4 is 5.69 Å². The molecule has 2 N–H and O–H groups in total. The van der Waals surface area contributed by atoms with Gasteiger partial charge in [-0.25, -0.2) is 0 Å². The largest absolute Gasteiger partial charge is 0.487 e. The van der Waals surface area contributed by atoms with E-state index in [0.717, 1.165) is 16.7 Å². The Hall–Kier alpha value is -2.75. The fraction of sp³-hybridized carbons (Fsp3) is 0.118. The van der Waals surface area contributed by atoms with Gasteiger partial charge in [0, 0.05) is 18.8 Å². The number of hydrogen-bond acceptors (Lipinski definition) is 3. The predicted molar refractivity (Wildman–Crippen MR) is 83.8 cm³/mol. The number of nitrogen functional groups attached to an aromatic ring is 1. The van der Waals surface area contributed by atoms with Crippen LogP contribution in [-0.2, 0) is 13.7 Å². The summed E-state index contributed by atoms with van der Waals surface area (Å²) in [5, 5.41) is 4.17. The van der Waals surface area contributed by atoms with E-state index in [0.29, 0.717) is 18.0 Å². The van der Waals surface area contributed by atoms with Crippen molar-refractivity contribution < 1.29 is 4.74 Å². The van der Waals surface area contributed by atoms with Crippen LogP contribution in [0.5, 0.6) is 5.75 Å². The Morgan fingerprint density at radius 1 is 1.10 bits per heavy atom. The molecule has 0 aliphatic carbocycles. The molecule has 4 heteroatoms. The van der Waals surface area contributed by atoms with E-state index in [-0.39, 0.29) is 0 Å². The lowest BCUT2D eigenvalue weighted by atomic mass is 10.1. The van der Waals surface area contributed by atoms with Crippen LogP contribution >= 0.6 is 0 Å². The summed E-state index contributed by atoms with van der Waals surface area (Å²) in [5.74, 6) is 0.700. The third-order valence-electron chi connectivity index (χ3n) is 3.29. The number of aromatic nitrogens is 2. The highest BCUT2D eigenvalue weighted by Gasteiger charge is 2.05. The molecule has 0 bridgehead atoms. The van der Waals surface area contributed by atoms with E-state index in [9.17, 15) is 0 Å². The van der Waals surface area contributed by atoms with E-state index >= 15 is 0 Å². The summed E-state index contributed by atoms with van der Waals surface area (Å²) in [6, 6.07) is 15.8. The summed E-state index contributed by atoms with van der Waals surface area (Å²) in [6.45, 7) is 0.511. The normalized spacial score (nSPS) is 10.5. The van der Waals surface area contributed by atoms with E-state index in [1.165, 1.54) is 0 Å². The average molecular weight is 279 g/mol. The quantitative estimate of drug-likeness (QED) is 0.746. The summed E-state index contributed by atoms with van der Waals surface area (Å²) >= 11 is 0. The zero-order chi connectivity index (χ0) is 14.7. The van der Waals surface area contributed by atoms with Crippen LogP contribution in [-0.4, -0.2) is 9.78 Å². The summed E-state index contributed by atoms with van der Waals surface area (Å²) in [7, 11) is 1.89. The SMILES string of the molecule is Cn1cc(-c2ccc(OCc3ccccc3)c(N)c2)cn1. The molecule has 2 aromatic carbocycles. The van der Waals surface area contributed by atoms with Crippen molar-refractivity contribution in [2.75, 3.05) is 5.73 Å². The van der Waals surface area contributed by atoms with Gasteiger partial charge in [0.25, 0.3) is 0 Å². The molecular weight excluding hydrogens is 262 g/mol. The molecule has 0 saturated carbocycles. The third-order valence-corrected chi connectivity index (χ3v) is 3.29. The molecule has 0 atom stereocenters. The summed E-state index contributed by atoms with van der Waals surface area (Å²) in [6.07, 6.45) is 3.78. The van der Waals surface area contributed by atoms with Crippen LogP contribution in [0.1, 0.15) is 5.56 Å². The van der Waals surface area contributed by atoms with Gasteiger partial charge in [0.05, 0.1) is 11.9 Å². The van der Waals surface area contributed by atoms with Crippen LogP contribution in [0.3, 0.4) is 0 Å². The summed E-state index contributed by atoms with van der Waals surface area (Å²) < 4.78 is 7.54. The number of nitrogens with two attached hydrogens (primary N) is 1. The second kappa shape index (κ2) is 5.71. The van der Waals surface area contributed by atoms with Gasteiger partial charge >= 0.3 is 0 Å². The maximum Gasteiger partial charge on any atom is 0.142 e. The molecule has 0 amide bonds. The van der Waals surface area contributed by atoms with E-state index in [2.05, 4.69) is 5.10 Å². The van der Waals surface area contributed by atoms with Crippen molar-refractivity contribution in [1.82, 2.24) is 9.78 Å². The number of aryl methyl sites for hydroxylation is 1. The Morgan fingerprint density at radius 3 is 2.57 bits per heavy atom. The van der Waals surface area contributed by atoms with Crippen molar-refractivity contribution in [2.24, 2.45) is 7.05 Å². The van der Waals surface area contributed by atoms with Crippen LogP contribution in [0.2, 0.25) is 0 Å². The molecule has 106 valence electrons. The van der Waals surface area contributed by atoms with Gasteiger partial charge in [-0.2, -0.15) is 5.10 Å². The van der Waals surface area contributed by atoms with Gasteiger partial charge in [-0.15, -0.1) is 0 Å². The molecule has 0 fully saturated rings. The Bertz CT molecular complexity index is 735. The first-order chi connectivity index (χ1) is 10.2. The molecule has 0 radical (unpaired) electrons. The molecular formula is C17H17N3O. The molecule has 0 spiro atoms. The van der Waals surface area contributed by atoms with Gasteiger partial charge in [0.2, 0.25) is 0 Å². The Labute approximate surface area is 123 Å². The highest BCUT2D eigenvalue weighted by atomic mass is 16.5. The predicted octanol–water partition coefficient (Wildman–Crippen LogP) is 3.25. The Balaban J connectivity index is 1.75. The second-order valence-corrected chi connectivity index (χ2v) is 4.93.